The van der Waals surface area contributed by atoms with Gasteiger partial charge in [0.25, 0.3) is 0 Å². The van der Waals surface area contributed by atoms with Crippen molar-refractivity contribution in [3.63, 3.8) is 0 Å². The van der Waals surface area contributed by atoms with Crippen LogP contribution in [-0.2, 0) is 0 Å². The molecule has 0 fully saturated rings. The number of hydrogen-bond acceptors (Lipinski definition) is 0. The van der Waals surface area contributed by atoms with Crippen molar-refractivity contribution in [3.8, 4) is 11.4 Å². The first-order valence-electron chi connectivity index (χ1n) is 14.5. The van der Waals surface area contributed by atoms with E-state index in [1.165, 1.54) is 54.6 Å². The Morgan fingerprint density at radius 3 is 2.05 bits per heavy atom. The molecule has 8 aromatic rings. The highest BCUT2D eigenvalue weighted by molar-refractivity contribution is 6.15. The summed E-state index contributed by atoms with van der Waals surface area (Å²) in [6, 6.07) is 50.2. The van der Waals surface area contributed by atoms with Gasteiger partial charge in [-0.2, -0.15) is 0 Å². The fourth-order valence-electron chi connectivity index (χ4n) is 6.86. The molecule has 9 rings (SSSR count). The number of para-hydroxylation sites is 4. The van der Waals surface area contributed by atoms with Crippen molar-refractivity contribution in [3.05, 3.63) is 162 Å². The lowest BCUT2D eigenvalue weighted by Crippen LogP contribution is -2.05. The third-order valence-corrected chi connectivity index (χ3v) is 8.64. The highest BCUT2D eigenvalue weighted by Crippen LogP contribution is 2.48. The van der Waals surface area contributed by atoms with Crippen LogP contribution in [0.15, 0.2) is 146 Å². The number of benzene rings is 6. The minimum Gasteiger partial charge on any atom is -0.679 e. The van der Waals surface area contributed by atoms with Crippen LogP contribution in [-0.4, -0.2) is 15.7 Å². The molecular weight excluding hydrogens is 510 g/mol. The van der Waals surface area contributed by atoms with Crippen molar-refractivity contribution in [2.75, 3.05) is 6.54 Å². The highest BCUT2D eigenvalue weighted by Gasteiger charge is 2.23. The first-order valence-corrected chi connectivity index (χ1v) is 14.5. The predicted octanol–water partition coefficient (Wildman–Crippen LogP) is 10.3. The average Bonchev–Trinajstić information content (AvgIpc) is 3.58. The number of fused-ring (bicyclic) bond motifs is 7. The van der Waals surface area contributed by atoms with Gasteiger partial charge < -0.3 is 14.5 Å². The second kappa shape index (κ2) is 8.98. The van der Waals surface area contributed by atoms with E-state index in [0.717, 1.165) is 22.8 Å². The molecule has 0 spiro atoms. The maximum atomic E-state index is 5.08. The summed E-state index contributed by atoms with van der Waals surface area (Å²) in [6.07, 6.45) is 2.30. The molecule has 0 N–H and O–H groups in total. The number of hydrogen-bond donors (Lipinski definition) is 0. The van der Waals surface area contributed by atoms with Gasteiger partial charge in [0.1, 0.15) is 0 Å². The standard InChI is InChI=1S/C39H26N3/c1-2-13-28(14-3-1)41-36-20-9-7-16-34(36)37-39(41)33(23-24-40-37)32-18-10-17-31-30-15-6-8-19-35(30)42(38(31)32)29-22-21-26-11-4-5-12-27(26)25-29/h1-23,25H,24H2/q-1. The zero-order valence-corrected chi connectivity index (χ0v) is 22.9. The van der Waals surface area contributed by atoms with Gasteiger partial charge in [-0.05, 0) is 52.6 Å². The maximum Gasteiger partial charge on any atom is 0.0620 e. The molecule has 0 atom stereocenters. The smallest absolute Gasteiger partial charge is 0.0620 e. The Morgan fingerprint density at radius 1 is 0.500 bits per heavy atom. The SMILES string of the molecule is C1=C(c2cccc3c4ccccc4n(-c4ccc5ccccc5c4)c23)c2c(c3ccccc3n2-c2ccccc2)[N-]C1. The molecule has 0 saturated carbocycles. The second-order valence-corrected chi connectivity index (χ2v) is 10.9. The minimum atomic E-state index is 0.651. The van der Waals surface area contributed by atoms with E-state index in [2.05, 4.69) is 155 Å². The molecule has 1 aliphatic heterocycles. The number of nitrogens with zero attached hydrogens (tertiary/aromatic N) is 3. The summed E-state index contributed by atoms with van der Waals surface area (Å²) >= 11 is 0. The van der Waals surface area contributed by atoms with E-state index in [4.69, 9.17) is 5.32 Å². The van der Waals surface area contributed by atoms with Crippen LogP contribution in [0, 0.1) is 0 Å². The molecule has 0 bridgehead atoms. The Morgan fingerprint density at radius 2 is 1.19 bits per heavy atom. The Kier molecular flexibility index (Phi) is 4.96. The van der Waals surface area contributed by atoms with Gasteiger partial charge in [0.05, 0.1) is 16.6 Å². The summed E-state index contributed by atoms with van der Waals surface area (Å²) in [5.74, 6) is 0. The van der Waals surface area contributed by atoms with Crippen molar-refractivity contribution in [1.29, 1.82) is 0 Å². The normalized spacial score (nSPS) is 13.0. The Balaban J connectivity index is 1.39. The van der Waals surface area contributed by atoms with Crippen LogP contribution < -0.4 is 0 Å². The number of aromatic nitrogens is 2. The van der Waals surface area contributed by atoms with E-state index in [-0.39, 0.29) is 0 Å². The molecule has 0 amide bonds. The predicted molar refractivity (Wildman–Crippen MR) is 177 cm³/mol. The zero-order chi connectivity index (χ0) is 27.6. The van der Waals surface area contributed by atoms with Crippen molar-refractivity contribution in [2.24, 2.45) is 0 Å². The summed E-state index contributed by atoms with van der Waals surface area (Å²) in [5, 5.41) is 11.3. The largest absolute Gasteiger partial charge is 0.679 e. The Labute approximate surface area is 243 Å². The quantitative estimate of drug-likeness (QED) is 0.214. The lowest BCUT2D eigenvalue weighted by Gasteiger charge is -2.30. The van der Waals surface area contributed by atoms with Gasteiger partial charge in [-0.15, -0.1) is 12.2 Å². The summed E-state index contributed by atoms with van der Waals surface area (Å²) in [5.41, 5.74) is 10.6. The molecule has 0 aliphatic carbocycles. The van der Waals surface area contributed by atoms with Crippen LogP contribution in [0.3, 0.4) is 0 Å². The second-order valence-electron chi connectivity index (χ2n) is 10.9. The van der Waals surface area contributed by atoms with Crippen LogP contribution in [0.1, 0.15) is 11.3 Å². The molecule has 3 nitrogen and oxygen atoms in total. The molecule has 2 aromatic heterocycles. The lowest BCUT2D eigenvalue weighted by atomic mass is 9.96. The summed E-state index contributed by atoms with van der Waals surface area (Å²) in [6.45, 7) is 0.651. The first-order chi connectivity index (χ1) is 20.9. The Bertz CT molecular complexity index is 2350. The molecule has 3 heteroatoms. The van der Waals surface area contributed by atoms with Crippen molar-refractivity contribution in [2.45, 2.75) is 0 Å². The van der Waals surface area contributed by atoms with Gasteiger partial charge in [0.2, 0.25) is 0 Å². The summed E-state index contributed by atoms with van der Waals surface area (Å²) < 4.78 is 4.84. The van der Waals surface area contributed by atoms with E-state index < -0.39 is 0 Å². The fourth-order valence-corrected chi connectivity index (χ4v) is 6.86. The van der Waals surface area contributed by atoms with Crippen molar-refractivity contribution < 1.29 is 0 Å². The van der Waals surface area contributed by atoms with Crippen LogP contribution in [0.25, 0.3) is 65.7 Å². The Hall–Kier alpha value is -5.54. The topological polar surface area (TPSA) is 24.0 Å². The molecule has 1 aliphatic rings. The number of rotatable bonds is 3. The lowest BCUT2D eigenvalue weighted by molar-refractivity contribution is 1.09. The molecule has 0 saturated heterocycles. The molecule has 42 heavy (non-hydrogen) atoms. The van der Waals surface area contributed by atoms with Gasteiger partial charge in [0, 0.05) is 39.0 Å². The van der Waals surface area contributed by atoms with E-state index >= 15 is 0 Å². The van der Waals surface area contributed by atoms with E-state index in [9.17, 15) is 0 Å². The summed E-state index contributed by atoms with van der Waals surface area (Å²) in [4.78, 5) is 0. The maximum absolute atomic E-state index is 5.08. The average molecular weight is 537 g/mol. The molecule has 6 aromatic carbocycles. The monoisotopic (exact) mass is 536 g/mol. The van der Waals surface area contributed by atoms with Crippen LogP contribution in [0.2, 0.25) is 0 Å². The zero-order valence-electron chi connectivity index (χ0n) is 22.9. The third kappa shape index (κ3) is 3.28. The van der Waals surface area contributed by atoms with E-state index in [1.54, 1.807) is 0 Å². The highest BCUT2D eigenvalue weighted by atomic mass is 15.1. The third-order valence-electron chi connectivity index (χ3n) is 8.64. The van der Waals surface area contributed by atoms with Gasteiger partial charge in [-0.3, -0.25) is 0 Å². The fraction of sp³-hybridized carbons (Fsp3) is 0.0256. The molecule has 198 valence electrons. The molecule has 0 radical (unpaired) electrons. The van der Waals surface area contributed by atoms with Crippen molar-refractivity contribution >= 4 is 54.7 Å². The van der Waals surface area contributed by atoms with Crippen LogP contribution in [0.4, 0.5) is 5.69 Å². The van der Waals surface area contributed by atoms with E-state index in [1.807, 2.05) is 0 Å². The van der Waals surface area contributed by atoms with Crippen molar-refractivity contribution in [1.82, 2.24) is 9.13 Å². The van der Waals surface area contributed by atoms with Gasteiger partial charge in [-0.1, -0.05) is 109 Å². The summed E-state index contributed by atoms with van der Waals surface area (Å²) in [7, 11) is 0. The van der Waals surface area contributed by atoms with E-state index in [0.29, 0.717) is 6.54 Å². The molecule has 3 heterocycles. The van der Waals surface area contributed by atoms with Gasteiger partial charge in [-0.25, -0.2) is 0 Å². The molecular formula is C39H26N3-. The van der Waals surface area contributed by atoms with Gasteiger partial charge >= 0.3 is 0 Å². The van der Waals surface area contributed by atoms with Crippen LogP contribution >= 0.6 is 0 Å². The van der Waals surface area contributed by atoms with Gasteiger partial charge in [0.15, 0.2) is 0 Å². The minimum absolute atomic E-state index is 0.651. The molecule has 0 unspecified atom stereocenters. The van der Waals surface area contributed by atoms with Crippen LogP contribution in [0.5, 0.6) is 0 Å². The first kappa shape index (κ1) is 23.2.